The largest absolute Gasteiger partial charge is 0.351 e. The van der Waals surface area contributed by atoms with E-state index < -0.39 is 0 Å². The van der Waals surface area contributed by atoms with E-state index in [0.717, 1.165) is 5.56 Å². The van der Waals surface area contributed by atoms with Crippen molar-refractivity contribution in [2.45, 2.75) is 13.1 Å². The molecule has 2 rings (SSSR count). The number of thiophene rings is 1. The Morgan fingerprint density at radius 3 is 2.52 bits per heavy atom. The monoisotopic (exact) mass is 492 g/mol. The summed E-state index contributed by atoms with van der Waals surface area (Å²) in [7, 11) is 3.46. The zero-order valence-corrected chi connectivity index (χ0v) is 18.1. The summed E-state index contributed by atoms with van der Waals surface area (Å²) in [4.78, 5) is 19.0. The third-order valence-electron chi connectivity index (χ3n) is 3.25. The lowest BCUT2D eigenvalue weighted by atomic mass is 10.2. The molecule has 0 fully saturated rings. The maximum absolute atomic E-state index is 11.8. The van der Waals surface area contributed by atoms with Gasteiger partial charge in [0.15, 0.2) is 5.96 Å². The predicted molar refractivity (Wildman–Crippen MR) is 116 cm³/mol. The van der Waals surface area contributed by atoms with Crippen LogP contribution in [-0.4, -0.2) is 37.4 Å². The first-order valence-corrected chi connectivity index (χ1v) is 8.79. The van der Waals surface area contributed by atoms with Crippen molar-refractivity contribution in [3.8, 4) is 0 Å². The van der Waals surface area contributed by atoms with Gasteiger partial charge in [-0.05, 0) is 29.1 Å². The molecule has 1 aromatic heterocycles. The van der Waals surface area contributed by atoms with E-state index in [1.165, 1.54) is 4.88 Å². The summed E-state index contributed by atoms with van der Waals surface area (Å²) in [6.07, 6.45) is 0. The molecular formula is C17H22ClIN4OS. The zero-order valence-electron chi connectivity index (χ0n) is 14.2. The van der Waals surface area contributed by atoms with Gasteiger partial charge >= 0.3 is 0 Å². The molecule has 0 radical (unpaired) electrons. The highest BCUT2D eigenvalue weighted by Gasteiger charge is 2.06. The Hall–Kier alpha value is -1.32. The normalized spacial score (nSPS) is 10.8. The van der Waals surface area contributed by atoms with Crippen LogP contribution in [0.5, 0.6) is 0 Å². The van der Waals surface area contributed by atoms with Crippen molar-refractivity contribution in [3.63, 3.8) is 0 Å². The Kier molecular flexibility index (Phi) is 9.84. The minimum Gasteiger partial charge on any atom is -0.351 e. The molecule has 0 saturated heterocycles. The minimum atomic E-state index is -0.00730. The highest BCUT2D eigenvalue weighted by molar-refractivity contribution is 14.0. The number of carbonyl (C=O) groups excluding carboxylic acids is 1. The summed E-state index contributed by atoms with van der Waals surface area (Å²) in [6, 6.07) is 11.6. The van der Waals surface area contributed by atoms with E-state index in [9.17, 15) is 4.79 Å². The van der Waals surface area contributed by atoms with Crippen LogP contribution in [0.15, 0.2) is 46.8 Å². The van der Waals surface area contributed by atoms with E-state index in [0.29, 0.717) is 24.1 Å². The number of aliphatic imine (C=N–C) groups is 1. The number of guanidine groups is 1. The van der Waals surface area contributed by atoms with Crippen LogP contribution in [0.25, 0.3) is 0 Å². The number of amides is 1. The summed E-state index contributed by atoms with van der Waals surface area (Å²) in [5.74, 6) is 0.598. The average Bonchev–Trinajstić information content (AvgIpc) is 3.08. The second-order valence-corrected chi connectivity index (χ2v) is 6.83. The molecule has 0 unspecified atom stereocenters. The second-order valence-electron chi connectivity index (χ2n) is 5.37. The standard InChI is InChI=1S/C17H21ClN4OS.HI/c1-22(2)16(23)12-21-17(20-11-15-4-3-9-24-15)19-10-13-5-7-14(18)8-6-13;/h3-9H,10-12H2,1-2H3,(H2,19,20,21);1H. The number of benzene rings is 1. The van der Waals surface area contributed by atoms with E-state index in [2.05, 4.69) is 21.7 Å². The highest BCUT2D eigenvalue weighted by Crippen LogP contribution is 2.10. The van der Waals surface area contributed by atoms with Gasteiger partial charge in [-0.2, -0.15) is 0 Å². The van der Waals surface area contributed by atoms with Crippen molar-refractivity contribution in [1.82, 2.24) is 15.5 Å². The van der Waals surface area contributed by atoms with Crippen molar-refractivity contribution < 1.29 is 4.79 Å². The number of likely N-dealkylation sites (N-methyl/N-ethyl adjacent to an activating group) is 1. The molecule has 136 valence electrons. The third-order valence-corrected chi connectivity index (χ3v) is 4.38. The average molecular weight is 493 g/mol. The molecule has 25 heavy (non-hydrogen) atoms. The molecule has 0 aliphatic rings. The summed E-state index contributed by atoms with van der Waals surface area (Å²) >= 11 is 7.57. The molecule has 0 spiro atoms. The molecule has 0 aliphatic heterocycles. The first kappa shape index (κ1) is 21.7. The van der Waals surface area contributed by atoms with Crippen molar-refractivity contribution in [2.24, 2.45) is 4.99 Å². The van der Waals surface area contributed by atoms with Gasteiger partial charge in [0, 0.05) is 24.0 Å². The molecule has 1 aromatic carbocycles. The maximum Gasteiger partial charge on any atom is 0.241 e. The number of halogens is 2. The fraction of sp³-hybridized carbons (Fsp3) is 0.294. The van der Waals surface area contributed by atoms with Gasteiger partial charge in [-0.3, -0.25) is 4.79 Å². The number of rotatable bonds is 6. The van der Waals surface area contributed by atoms with Crippen molar-refractivity contribution in [2.75, 3.05) is 20.6 Å². The molecule has 2 N–H and O–H groups in total. The summed E-state index contributed by atoms with van der Waals surface area (Å²) in [6.45, 7) is 1.37. The van der Waals surface area contributed by atoms with Crippen LogP contribution in [0.3, 0.4) is 0 Å². The van der Waals surface area contributed by atoms with Crippen LogP contribution in [0, 0.1) is 0 Å². The maximum atomic E-state index is 11.8. The zero-order chi connectivity index (χ0) is 17.4. The van der Waals surface area contributed by atoms with Crippen molar-refractivity contribution >= 4 is 58.8 Å². The predicted octanol–water partition coefficient (Wildman–Crippen LogP) is 3.34. The topological polar surface area (TPSA) is 56.7 Å². The molecule has 5 nitrogen and oxygen atoms in total. The first-order chi connectivity index (χ1) is 11.5. The molecule has 1 heterocycles. The lowest BCUT2D eigenvalue weighted by Gasteiger charge is -2.14. The minimum absolute atomic E-state index is 0. The van der Waals surface area contributed by atoms with E-state index in [-0.39, 0.29) is 36.4 Å². The van der Waals surface area contributed by atoms with Crippen LogP contribution >= 0.6 is 46.9 Å². The fourth-order valence-corrected chi connectivity index (χ4v) is 2.61. The lowest BCUT2D eigenvalue weighted by molar-refractivity contribution is -0.127. The lowest BCUT2D eigenvalue weighted by Crippen LogP contribution is -2.42. The van der Waals surface area contributed by atoms with Crippen LogP contribution in [0.1, 0.15) is 10.4 Å². The number of nitrogens with one attached hydrogen (secondary N) is 2. The summed E-state index contributed by atoms with van der Waals surface area (Å²) in [5, 5.41) is 9.06. The van der Waals surface area contributed by atoms with Crippen LogP contribution < -0.4 is 10.6 Å². The second kappa shape index (κ2) is 11.3. The number of hydrogen-bond acceptors (Lipinski definition) is 3. The molecule has 0 saturated carbocycles. The van der Waals surface area contributed by atoms with Gasteiger partial charge < -0.3 is 15.5 Å². The SMILES string of the molecule is CN(C)C(=O)CNC(=NCc1ccc(Cl)cc1)NCc1cccs1.I. The number of hydrogen-bond donors (Lipinski definition) is 2. The van der Waals surface area contributed by atoms with Crippen molar-refractivity contribution in [1.29, 1.82) is 0 Å². The molecule has 8 heteroatoms. The van der Waals surface area contributed by atoms with E-state index in [1.54, 1.807) is 30.3 Å². The van der Waals surface area contributed by atoms with Gasteiger partial charge in [-0.15, -0.1) is 35.3 Å². The molecule has 0 bridgehead atoms. The Morgan fingerprint density at radius 1 is 1.20 bits per heavy atom. The van der Waals surface area contributed by atoms with Gasteiger partial charge in [-0.1, -0.05) is 29.8 Å². The number of nitrogens with zero attached hydrogens (tertiary/aromatic N) is 2. The number of carbonyl (C=O) groups is 1. The Bertz CT molecular complexity index is 674. The van der Waals surface area contributed by atoms with Gasteiger partial charge in [0.05, 0.1) is 19.6 Å². The Morgan fingerprint density at radius 2 is 1.92 bits per heavy atom. The van der Waals surface area contributed by atoms with Crippen molar-refractivity contribution in [3.05, 3.63) is 57.2 Å². The fourth-order valence-electron chi connectivity index (χ4n) is 1.84. The molecule has 2 aromatic rings. The smallest absolute Gasteiger partial charge is 0.241 e. The van der Waals surface area contributed by atoms with Gasteiger partial charge in [-0.25, -0.2) is 4.99 Å². The molecule has 0 aliphatic carbocycles. The van der Waals surface area contributed by atoms with Gasteiger partial charge in [0.1, 0.15) is 0 Å². The van der Waals surface area contributed by atoms with Gasteiger partial charge in [0.2, 0.25) is 5.91 Å². The quantitative estimate of drug-likeness (QED) is 0.369. The van der Waals surface area contributed by atoms with E-state index in [4.69, 9.17) is 11.6 Å². The molecular weight excluding hydrogens is 471 g/mol. The molecule has 1 amide bonds. The summed E-state index contributed by atoms with van der Waals surface area (Å²) in [5.41, 5.74) is 1.05. The summed E-state index contributed by atoms with van der Waals surface area (Å²) < 4.78 is 0. The van der Waals surface area contributed by atoms with Crippen LogP contribution in [0.4, 0.5) is 0 Å². The first-order valence-electron chi connectivity index (χ1n) is 7.54. The molecule has 0 atom stereocenters. The Balaban J connectivity index is 0.00000312. The van der Waals surface area contributed by atoms with E-state index in [1.807, 2.05) is 35.7 Å². The highest BCUT2D eigenvalue weighted by atomic mass is 127. The third kappa shape index (κ3) is 8.06. The van der Waals surface area contributed by atoms with Crippen LogP contribution in [-0.2, 0) is 17.9 Å². The van der Waals surface area contributed by atoms with E-state index >= 15 is 0 Å². The van der Waals surface area contributed by atoms with Gasteiger partial charge in [0.25, 0.3) is 0 Å². The van der Waals surface area contributed by atoms with Crippen LogP contribution in [0.2, 0.25) is 5.02 Å². The Labute approximate surface area is 174 Å².